The maximum Gasteiger partial charge on any atom is 0.332 e. The number of rotatable bonds is 8. The summed E-state index contributed by atoms with van der Waals surface area (Å²) in [6.45, 7) is 5.16. The molecular weight excluding hydrogens is 629 g/mol. The standard InChI is InChI=1S/C33H29ClFN7O3S/c1-40-11-13-41(14-12-40)17-20-5-7-23(8-6-20)38-31(43)29-28-27-30(36-19-37-32(27)46-29)42(33(44)39-28)24-9-10-26(25(34)16-24)45-18-21-3-2-4-22(35)15-21/h2-10,15-16,19H,11-14,17-18H2,1H3,(H,38,43)(H,39,44). The quantitative estimate of drug-likeness (QED) is 0.190. The molecule has 7 rings (SSSR count). The van der Waals surface area contributed by atoms with Crippen LogP contribution in [-0.2, 0) is 13.2 Å². The summed E-state index contributed by atoms with van der Waals surface area (Å²) < 4.78 is 19.3. The molecule has 1 fully saturated rings. The number of anilines is 4. The van der Waals surface area contributed by atoms with Gasteiger partial charge in [-0.25, -0.2) is 24.1 Å². The van der Waals surface area contributed by atoms with Crippen LogP contribution in [0, 0.1) is 5.82 Å². The first-order valence-electron chi connectivity index (χ1n) is 14.7. The molecule has 5 aromatic rings. The minimum atomic E-state index is -0.502. The summed E-state index contributed by atoms with van der Waals surface area (Å²) in [5.41, 5.74) is 3.29. The molecule has 234 valence electrons. The summed E-state index contributed by atoms with van der Waals surface area (Å²) in [4.78, 5) is 42.8. The van der Waals surface area contributed by atoms with E-state index in [1.165, 1.54) is 40.3 Å². The smallest absolute Gasteiger partial charge is 0.332 e. The van der Waals surface area contributed by atoms with E-state index in [0.29, 0.717) is 49.3 Å². The van der Waals surface area contributed by atoms with Crippen LogP contribution in [0.3, 0.4) is 0 Å². The normalized spacial score (nSPS) is 15.2. The van der Waals surface area contributed by atoms with E-state index >= 15 is 0 Å². The van der Waals surface area contributed by atoms with Crippen LogP contribution < -0.4 is 20.3 Å². The summed E-state index contributed by atoms with van der Waals surface area (Å²) in [5, 5.41) is 6.65. The van der Waals surface area contributed by atoms with Crippen molar-refractivity contribution in [2.75, 3.05) is 48.8 Å². The molecule has 2 aliphatic rings. The average Bonchev–Trinajstić information content (AvgIpc) is 3.42. The Labute approximate surface area is 273 Å². The number of nitrogens with zero attached hydrogens (tertiary/aromatic N) is 5. The van der Waals surface area contributed by atoms with Crippen molar-refractivity contribution in [3.8, 4) is 5.75 Å². The van der Waals surface area contributed by atoms with Gasteiger partial charge in [-0.2, -0.15) is 0 Å². The number of carbonyl (C=O) groups is 2. The van der Waals surface area contributed by atoms with Gasteiger partial charge in [0, 0.05) is 38.4 Å². The van der Waals surface area contributed by atoms with Crippen molar-refractivity contribution in [1.29, 1.82) is 0 Å². The van der Waals surface area contributed by atoms with Crippen LogP contribution in [0.5, 0.6) is 5.75 Å². The number of benzene rings is 3. The van der Waals surface area contributed by atoms with Gasteiger partial charge in [-0.05, 0) is 60.6 Å². The van der Waals surface area contributed by atoms with Gasteiger partial charge in [0.15, 0.2) is 5.82 Å². The molecule has 3 aromatic carbocycles. The second kappa shape index (κ2) is 12.6. The Balaban J connectivity index is 1.09. The molecule has 0 unspecified atom stereocenters. The van der Waals surface area contributed by atoms with E-state index in [-0.39, 0.29) is 23.4 Å². The Bertz CT molecular complexity index is 1950. The number of hydrogen-bond donors (Lipinski definition) is 2. The molecule has 2 N–H and O–H groups in total. The van der Waals surface area contributed by atoms with Gasteiger partial charge in [-0.15, -0.1) is 11.3 Å². The van der Waals surface area contributed by atoms with E-state index in [2.05, 4.69) is 37.4 Å². The number of hydrogen-bond acceptors (Lipinski definition) is 8. The van der Waals surface area contributed by atoms with Gasteiger partial charge in [0.05, 0.1) is 21.8 Å². The Morgan fingerprint density at radius 1 is 1.04 bits per heavy atom. The predicted molar refractivity (Wildman–Crippen MR) is 178 cm³/mol. The Morgan fingerprint density at radius 3 is 2.61 bits per heavy atom. The predicted octanol–water partition coefficient (Wildman–Crippen LogP) is 6.75. The third-order valence-electron chi connectivity index (χ3n) is 7.99. The molecule has 1 saturated heterocycles. The highest BCUT2D eigenvalue weighted by Gasteiger charge is 2.34. The number of likely N-dealkylation sites (N-methyl/N-ethyl adjacent to an activating group) is 1. The van der Waals surface area contributed by atoms with Crippen LogP contribution in [0.4, 0.5) is 32.1 Å². The number of halogens is 2. The molecule has 46 heavy (non-hydrogen) atoms. The molecule has 0 atom stereocenters. The zero-order valence-electron chi connectivity index (χ0n) is 24.8. The number of urea groups is 1. The van der Waals surface area contributed by atoms with Crippen molar-refractivity contribution in [2.45, 2.75) is 13.2 Å². The SMILES string of the molecule is CN1CCN(Cc2ccc(NC(=O)c3sc4ncnc5c4c3NC(=O)N5c3ccc(OCc4cccc(F)c4)c(Cl)c3)cc2)CC1. The highest BCUT2D eigenvalue weighted by atomic mass is 35.5. The first-order chi connectivity index (χ1) is 22.3. The van der Waals surface area contributed by atoms with E-state index in [1.54, 1.807) is 30.3 Å². The van der Waals surface area contributed by atoms with Gasteiger partial charge in [-0.1, -0.05) is 35.9 Å². The van der Waals surface area contributed by atoms with Crippen molar-refractivity contribution in [3.05, 3.63) is 99.9 Å². The number of aromatic nitrogens is 2. The fourth-order valence-corrected chi connectivity index (χ4v) is 6.76. The number of thiophene rings is 1. The zero-order chi connectivity index (χ0) is 31.8. The molecule has 10 nitrogen and oxygen atoms in total. The van der Waals surface area contributed by atoms with Crippen LogP contribution in [0.1, 0.15) is 20.8 Å². The third-order valence-corrected chi connectivity index (χ3v) is 9.38. The largest absolute Gasteiger partial charge is 0.487 e. The third kappa shape index (κ3) is 6.12. The maximum atomic E-state index is 13.5. The average molecular weight is 658 g/mol. The van der Waals surface area contributed by atoms with Crippen molar-refractivity contribution >= 4 is 68.0 Å². The Kier molecular flexibility index (Phi) is 8.26. The van der Waals surface area contributed by atoms with Crippen molar-refractivity contribution in [2.24, 2.45) is 0 Å². The van der Waals surface area contributed by atoms with E-state index in [1.807, 2.05) is 24.3 Å². The first-order valence-corrected chi connectivity index (χ1v) is 15.9. The molecule has 0 bridgehead atoms. The molecule has 3 amide bonds. The van der Waals surface area contributed by atoms with Gasteiger partial charge >= 0.3 is 6.03 Å². The van der Waals surface area contributed by atoms with Gasteiger partial charge in [0.2, 0.25) is 0 Å². The van der Waals surface area contributed by atoms with E-state index in [9.17, 15) is 14.0 Å². The van der Waals surface area contributed by atoms with Crippen LogP contribution in [-0.4, -0.2) is 64.9 Å². The van der Waals surface area contributed by atoms with E-state index < -0.39 is 6.03 Å². The van der Waals surface area contributed by atoms with Gasteiger partial charge in [-0.3, -0.25) is 9.69 Å². The second-order valence-corrected chi connectivity index (χ2v) is 12.6. The number of carbonyl (C=O) groups excluding carboxylic acids is 2. The molecule has 2 aromatic heterocycles. The van der Waals surface area contributed by atoms with Crippen molar-refractivity contribution < 1.29 is 18.7 Å². The summed E-state index contributed by atoms with van der Waals surface area (Å²) in [7, 11) is 2.14. The second-order valence-electron chi connectivity index (χ2n) is 11.2. The lowest BCUT2D eigenvalue weighted by Gasteiger charge is -2.32. The number of piperazine rings is 1. The molecule has 4 heterocycles. The molecule has 0 spiro atoms. The summed E-state index contributed by atoms with van der Waals surface area (Å²) in [6.07, 6.45) is 1.36. The minimum Gasteiger partial charge on any atom is -0.487 e. The van der Waals surface area contributed by atoms with Crippen LogP contribution >= 0.6 is 22.9 Å². The lowest BCUT2D eigenvalue weighted by atomic mass is 10.1. The van der Waals surface area contributed by atoms with Crippen LogP contribution in [0.2, 0.25) is 5.02 Å². The van der Waals surface area contributed by atoms with Gasteiger partial charge in [0.1, 0.15) is 34.2 Å². The lowest BCUT2D eigenvalue weighted by Crippen LogP contribution is -2.43. The summed E-state index contributed by atoms with van der Waals surface area (Å²) >= 11 is 7.72. The summed E-state index contributed by atoms with van der Waals surface area (Å²) in [6, 6.07) is 18.4. The monoisotopic (exact) mass is 657 g/mol. The molecule has 0 aliphatic carbocycles. The zero-order valence-corrected chi connectivity index (χ0v) is 26.4. The minimum absolute atomic E-state index is 0.122. The highest BCUT2D eigenvalue weighted by molar-refractivity contribution is 7.21. The van der Waals surface area contributed by atoms with Gasteiger partial charge in [0.25, 0.3) is 5.91 Å². The lowest BCUT2D eigenvalue weighted by molar-refractivity contribution is 0.103. The van der Waals surface area contributed by atoms with Crippen molar-refractivity contribution in [1.82, 2.24) is 19.8 Å². The Morgan fingerprint density at radius 2 is 1.85 bits per heavy atom. The van der Waals surface area contributed by atoms with E-state index in [4.69, 9.17) is 16.3 Å². The van der Waals surface area contributed by atoms with Gasteiger partial charge < -0.3 is 20.3 Å². The van der Waals surface area contributed by atoms with E-state index in [0.717, 1.165) is 32.7 Å². The molecule has 0 saturated carbocycles. The fourth-order valence-electron chi connectivity index (χ4n) is 5.54. The number of nitrogens with one attached hydrogen (secondary N) is 2. The molecule has 13 heteroatoms. The topological polar surface area (TPSA) is 103 Å². The molecule has 0 radical (unpaired) electrons. The molecular formula is C33H29ClFN7O3S. The number of ether oxygens (including phenoxy) is 1. The fraction of sp³-hybridized carbons (Fsp3) is 0.212. The summed E-state index contributed by atoms with van der Waals surface area (Å²) in [5.74, 6) is 0.000670. The van der Waals surface area contributed by atoms with Crippen molar-refractivity contribution in [3.63, 3.8) is 0 Å². The Hall–Kier alpha value is -4.62. The van der Waals surface area contributed by atoms with Crippen LogP contribution in [0.15, 0.2) is 73.1 Å². The number of amides is 3. The highest BCUT2D eigenvalue weighted by Crippen LogP contribution is 2.45. The first kappa shape index (κ1) is 30.1. The van der Waals surface area contributed by atoms with Crippen LogP contribution in [0.25, 0.3) is 10.2 Å². The molecule has 2 aliphatic heterocycles. The maximum absolute atomic E-state index is 13.5.